The van der Waals surface area contributed by atoms with Crippen LogP contribution in [-0.4, -0.2) is 26.5 Å². The quantitative estimate of drug-likeness (QED) is 0.654. The Labute approximate surface area is 169 Å². The van der Waals surface area contributed by atoms with Crippen LogP contribution in [0.3, 0.4) is 0 Å². The Morgan fingerprint density at radius 1 is 1.21 bits per heavy atom. The van der Waals surface area contributed by atoms with E-state index >= 15 is 0 Å². The van der Waals surface area contributed by atoms with Gasteiger partial charge in [-0.15, -0.1) is 11.3 Å². The van der Waals surface area contributed by atoms with E-state index in [1.54, 1.807) is 11.3 Å². The van der Waals surface area contributed by atoms with E-state index in [1.807, 2.05) is 39.1 Å². The van der Waals surface area contributed by atoms with Gasteiger partial charge in [0, 0.05) is 41.4 Å². The number of thiazole rings is 1. The minimum Gasteiger partial charge on any atom is -0.477 e. The molecule has 2 unspecified atom stereocenters. The monoisotopic (exact) mass is 395 g/mol. The van der Waals surface area contributed by atoms with Crippen LogP contribution in [0.5, 0.6) is 5.88 Å². The van der Waals surface area contributed by atoms with Crippen molar-refractivity contribution in [2.75, 3.05) is 12.3 Å². The summed E-state index contributed by atoms with van der Waals surface area (Å²) < 4.78 is 6.18. The van der Waals surface area contributed by atoms with Gasteiger partial charge in [-0.3, -0.25) is 4.98 Å². The van der Waals surface area contributed by atoms with Gasteiger partial charge in [0.1, 0.15) is 11.6 Å². The molecule has 1 saturated carbocycles. The van der Waals surface area contributed by atoms with Crippen molar-refractivity contribution in [3.8, 4) is 5.88 Å². The fraction of sp³-hybridized carbons (Fsp3) is 0.429. The van der Waals surface area contributed by atoms with Crippen molar-refractivity contribution in [3.05, 3.63) is 57.1 Å². The summed E-state index contributed by atoms with van der Waals surface area (Å²) in [5.41, 5.74) is 9.32. The van der Waals surface area contributed by atoms with Gasteiger partial charge in [-0.25, -0.2) is 9.97 Å². The molecule has 146 valence electrons. The van der Waals surface area contributed by atoms with Gasteiger partial charge in [-0.2, -0.15) is 4.98 Å². The number of aromatic nitrogens is 4. The van der Waals surface area contributed by atoms with Crippen molar-refractivity contribution in [1.82, 2.24) is 19.9 Å². The lowest BCUT2D eigenvalue weighted by molar-refractivity contribution is 0.281. The molecular formula is C21H25N5OS. The number of anilines is 1. The summed E-state index contributed by atoms with van der Waals surface area (Å²) in [7, 11) is 0. The maximum absolute atomic E-state index is 6.29. The van der Waals surface area contributed by atoms with E-state index in [2.05, 4.69) is 26.0 Å². The van der Waals surface area contributed by atoms with Crippen molar-refractivity contribution in [3.63, 3.8) is 0 Å². The van der Waals surface area contributed by atoms with Gasteiger partial charge < -0.3 is 10.5 Å². The van der Waals surface area contributed by atoms with Gasteiger partial charge in [-0.05, 0) is 32.4 Å². The number of pyridine rings is 1. The van der Waals surface area contributed by atoms with Crippen LogP contribution >= 0.6 is 11.3 Å². The zero-order valence-corrected chi connectivity index (χ0v) is 17.3. The molecule has 1 aliphatic rings. The van der Waals surface area contributed by atoms with Crippen LogP contribution in [-0.2, 0) is 12.8 Å². The largest absolute Gasteiger partial charge is 0.477 e. The van der Waals surface area contributed by atoms with Gasteiger partial charge >= 0.3 is 0 Å². The summed E-state index contributed by atoms with van der Waals surface area (Å²) in [6.45, 7) is 6.68. The van der Waals surface area contributed by atoms with Crippen LogP contribution in [0.4, 0.5) is 5.82 Å². The molecule has 2 atom stereocenters. The molecule has 1 fully saturated rings. The third kappa shape index (κ3) is 3.99. The Morgan fingerprint density at radius 2 is 2.07 bits per heavy atom. The molecule has 3 aromatic heterocycles. The zero-order valence-electron chi connectivity index (χ0n) is 16.5. The molecule has 0 radical (unpaired) electrons. The first-order chi connectivity index (χ1) is 13.5. The molecule has 0 spiro atoms. The van der Waals surface area contributed by atoms with Crippen LogP contribution in [0, 0.1) is 19.8 Å². The maximum Gasteiger partial charge on any atom is 0.222 e. The molecule has 0 amide bonds. The highest BCUT2D eigenvalue weighted by molar-refractivity contribution is 7.11. The van der Waals surface area contributed by atoms with E-state index in [0.717, 1.165) is 34.8 Å². The second kappa shape index (κ2) is 7.83. The van der Waals surface area contributed by atoms with E-state index in [-0.39, 0.29) is 0 Å². The van der Waals surface area contributed by atoms with Crippen molar-refractivity contribution in [2.45, 2.75) is 46.0 Å². The molecule has 0 bridgehead atoms. The standard InChI is InChI=1S/C21H25N5OS/c1-4-19-25-20(22)16(10-18-12(2)24-13(3)28-18)21(26-19)27-11-14-9-15(14)17-7-5-6-8-23-17/h5-8,14-15H,4,9-11H2,1-3H3,(H2,22,25,26). The normalized spacial score (nSPS) is 18.2. The first kappa shape index (κ1) is 18.8. The fourth-order valence-corrected chi connectivity index (χ4v) is 4.39. The summed E-state index contributed by atoms with van der Waals surface area (Å²) in [6, 6.07) is 6.07. The molecular weight excluding hydrogens is 370 g/mol. The molecule has 4 rings (SSSR count). The summed E-state index contributed by atoms with van der Waals surface area (Å²) in [4.78, 5) is 19.3. The van der Waals surface area contributed by atoms with Gasteiger partial charge in [-0.1, -0.05) is 13.0 Å². The Kier molecular flexibility index (Phi) is 5.26. The predicted molar refractivity (Wildman–Crippen MR) is 111 cm³/mol. The first-order valence-corrected chi connectivity index (χ1v) is 10.5. The summed E-state index contributed by atoms with van der Waals surface area (Å²) >= 11 is 1.68. The molecule has 2 N–H and O–H groups in total. The second-order valence-corrected chi connectivity index (χ2v) is 8.54. The number of nitrogens with two attached hydrogens (primary N) is 1. The highest BCUT2D eigenvalue weighted by Gasteiger charge is 2.40. The number of hydrogen-bond acceptors (Lipinski definition) is 7. The minimum absolute atomic E-state index is 0.469. The van der Waals surface area contributed by atoms with E-state index in [4.69, 9.17) is 10.5 Å². The lowest BCUT2D eigenvalue weighted by atomic mass is 10.1. The number of rotatable bonds is 7. The lowest BCUT2D eigenvalue weighted by Crippen LogP contribution is -2.11. The molecule has 3 heterocycles. The Morgan fingerprint density at radius 3 is 2.75 bits per heavy atom. The molecule has 0 saturated heterocycles. The van der Waals surface area contributed by atoms with Crippen LogP contribution in [0.1, 0.15) is 51.9 Å². The number of nitrogens with zero attached hydrogens (tertiary/aromatic N) is 4. The third-order valence-electron chi connectivity index (χ3n) is 5.13. The maximum atomic E-state index is 6.29. The second-order valence-electron chi connectivity index (χ2n) is 7.25. The molecule has 6 nitrogen and oxygen atoms in total. The smallest absolute Gasteiger partial charge is 0.222 e. The highest BCUT2D eigenvalue weighted by atomic mass is 32.1. The van der Waals surface area contributed by atoms with E-state index in [9.17, 15) is 0 Å². The molecule has 3 aromatic rings. The van der Waals surface area contributed by atoms with Crippen LogP contribution in [0.2, 0.25) is 0 Å². The topological polar surface area (TPSA) is 86.8 Å². The van der Waals surface area contributed by atoms with Crippen molar-refractivity contribution < 1.29 is 4.74 Å². The predicted octanol–water partition coefficient (Wildman–Crippen LogP) is 3.86. The molecule has 1 aliphatic carbocycles. The first-order valence-electron chi connectivity index (χ1n) is 9.67. The molecule has 0 aromatic carbocycles. The number of nitrogen functional groups attached to an aromatic ring is 1. The number of hydrogen-bond donors (Lipinski definition) is 1. The summed E-state index contributed by atoms with van der Waals surface area (Å²) in [5.74, 6) is 2.77. The summed E-state index contributed by atoms with van der Waals surface area (Å²) in [5, 5.41) is 1.05. The van der Waals surface area contributed by atoms with Crippen molar-refractivity contribution in [2.24, 2.45) is 5.92 Å². The number of ether oxygens (including phenoxy) is 1. The van der Waals surface area contributed by atoms with Crippen LogP contribution in [0.25, 0.3) is 0 Å². The van der Waals surface area contributed by atoms with Crippen LogP contribution < -0.4 is 10.5 Å². The summed E-state index contributed by atoms with van der Waals surface area (Å²) in [6.07, 6.45) is 4.32. The van der Waals surface area contributed by atoms with Crippen molar-refractivity contribution >= 4 is 17.2 Å². The fourth-order valence-electron chi connectivity index (χ4n) is 3.44. The van der Waals surface area contributed by atoms with Gasteiger partial charge in [0.15, 0.2) is 0 Å². The molecule has 0 aliphatic heterocycles. The zero-order chi connectivity index (χ0) is 19.7. The van der Waals surface area contributed by atoms with Crippen LogP contribution in [0.15, 0.2) is 24.4 Å². The number of aryl methyl sites for hydroxylation is 3. The SMILES string of the molecule is CCc1nc(N)c(Cc2sc(C)nc2C)c(OCC2CC2c2ccccn2)n1. The van der Waals surface area contributed by atoms with Crippen molar-refractivity contribution in [1.29, 1.82) is 0 Å². The molecule has 7 heteroatoms. The molecule has 28 heavy (non-hydrogen) atoms. The van der Waals surface area contributed by atoms with Gasteiger partial charge in [0.05, 0.1) is 22.9 Å². The Hall–Kier alpha value is -2.54. The van der Waals surface area contributed by atoms with E-state index in [0.29, 0.717) is 42.4 Å². The average Bonchev–Trinajstić information content (AvgIpc) is 3.40. The lowest BCUT2D eigenvalue weighted by Gasteiger charge is -2.13. The Bertz CT molecular complexity index is 972. The van der Waals surface area contributed by atoms with Gasteiger partial charge in [0.25, 0.3) is 0 Å². The third-order valence-corrected chi connectivity index (χ3v) is 6.20. The highest BCUT2D eigenvalue weighted by Crippen LogP contribution is 2.46. The van der Waals surface area contributed by atoms with Gasteiger partial charge in [0.2, 0.25) is 5.88 Å². The minimum atomic E-state index is 0.469. The average molecular weight is 396 g/mol. The van der Waals surface area contributed by atoms with E-state index in [1.165, 1.54) is 4.88 Å². The van der Waals surface area contributed by atoms with E-state index < -0.39 is 0 Å². The Balaban J connectivity index is 1.52.